The molecule has 1 heterocycles. The Labute approximate surface area is 267 Å². The van der Waals surface area contributed by atoms with Gasteiger partial charge < -0.3 is 24.6 Å². The third kappa shape index (κ3) is 4.95. The molecular weight excluding hydrogens is 617 g/mol. The number of carbonyl (C=O) groups is 4. The van der Waals surface area contributed by atoms with E-state index in [1.165, 1.54) is 32.2 Å². The number of Topliss-reactive ketones (excluding diaryl/α,β-unsaturated/α-hetero) is 2. The second kappa shape index (κ2) is 11.6. The molecule has 0 aromatic heterocycles. The van der Waals surface area contributed by atoms with Crippen molar-refractivity contribution in [2.24, 2.45) is 5.92 Å². The Morgan fingerprint density at radius 1 is 1.07 bits per heavy atom. The number of hydrogen-bond acceptors (Lipinski definition) is 8. The lowest BCUT2D eigenvalue weighted by Gasteiger charge is -2.30. The summed E-state index contributed by atoms with van der Waals surface area (Å²) in [5.41, 5.74) is -0.339. The summed E-state index contributed by atoms with van der Waals surface area (Å²) in [6.45, 7) is 2.82. The predicted molar refractivity (Wildman–Crippen MR) is 166 cm³/mol. The molecular formula is C35H27ClFNO8. The second-order valence-electron chi connectivity index (χ2n) is 11.2. The Kier molecular flexibility index (Phi) is 7.77. The van der Waals surface area contributed by atoms with Gasteiger partial charge in [-0.1, -0.05) is 48.0 Å². The third-order valence-corrected chi connectivity index (χ3v) is 8.68. The molecule has 0 saturated heterocycles. The fourth-order valence-corrected chi connectivity index (χ4v) is 6.22. The predicted octanol–water partition coefficient (Wildman–Crippen LogP) is 5.75. The molecule has 1 amide bonds. The van der Waals surface area contributed by atoms with Crippen molar-refractivity contribution in [1.29, 1.82) is 0 Å². The van der Waals surface area contributed by atoms with Crippen LogP contribution in [-0.2, 0) is 33.0 Å². The Hall–Kier alpha value is -5.22. The number of phenolic OH excluding ortho intramolecular Hbond substituents is 1. The summed E-state index contributed by atoms with van der Waals surface area (Å²) in [5.74, 6) is -4.85. The standard InChI is InChI=1S/C35H27ClFNO8/c1-17(39)29-24(40)14-28-35(2,33(29)42)31-25(41)13-27(44-3)30(32(31)46-28)34(43)38-15-19-9-11-26(21-7-5-4-6-20(19)21)45-16-18-8-10-23(37)22(36)12-18/h4-14,29,41H,15-16H2,1-3H3,(H,38,43)/t29?,35-/m1/s1. The van der Waals surface area contributed by atoms with Gasteiger partial charge in [-0.3, -0.25) is 19.2 Å². The molecule has 0 spiro atoms. The van der Waals surface area contributed by atoms with Gasteiger partial charge in [0.2, 0.25) is 0 Å². The van der Waals surface area contributed by atoms with Gasteiger partial charge in [0, 0.05) is 24.1 Å². The second-order valence-corrected chi connectivity index (χ2v) is 11.6. The van der Waals surface area contributed by atoms with E-state index in [2.05, 4.69) is 5.32 Å². The SMILES string of the molecule is COc1cc(O)c2c(c1C(=O)NCc1ccc(OCc3ccc(F)c(Cl)c3)c3ccccc13)OC1=CC(=O)C(C(C)=O)C(=O)[C@]12C. The number of benzene rings is 4. The molecule has 46 heavy (non-hydrogen) atoms. The molecule has 0 bridgehead atoms. The highest BCUT2D eigenvalue weighted by molar-refractivity contribution is 6.30. The number of ketones is 3. The normalized spacial score (nSPS) is 18.4. The van der Waals surface area contributed by atoms with Gasteiger partial charge >= 0.3 is 0 Å². The Bertz CT molecular complexity index is 2020. The fourth-order valence-electron chi connectivity index (χ4n) is 6.02. The van der Waals surface area contributed by atoms with E-state index >= 15 is 0 Å². The molecule has 0 saturated carbocycles. The first-order chi connectivity index (χ1) is 21.9. The summed E-state index contributed by atoms with van der Waals surface area (Å²) < 4.78 is 30.9. The zero-order chi connectivity index (χ0) is 32.9. The minimum Gasteiger partial charge on any atom is -0.507 e. The molecule has 4 aromatic carbocycles. The number of fused-ring (bicyclic) bond motifs is 4. The number of ether oxygens (including phenoxy) is 3. The summed E-state index contributed by atoms with van der Waals surface area (Å²) >= 11 is 5.91. The molecule has 11 heteroatoms. The van der Waals surface area contributed by atoms with Gasteiger partial charge in [0.25, 0.3) is 5.91 Å². The maximum absolute atomic E-state index is 13.8. The highest BCUT2D eigenvalue weighted by atomic mass is 35.5. The van der Waals surface area contributed by atoms with E-state index in [0.717, 1.165) is 29.3 Å². The van der Waals surface area contributed by atoms with Crippen LogP contribution in [0, 0.1) is 11.7 Å². The average molecular weight is 644 g/mol. The number of carbonyl (C=O) groups excluding carboxylic acids is 4. The lowest BCUT2D eigenvalue weighted by atomic mass is 9.67. The molecule has 0 fully saturated rings. The zero-order valence-corrected chi connectivity index (χ0v) is 25.7. The fraction of sp³-hybridized carbons (Fsp3) is 0.200. The van der Waals surface area contributed by atoms with Crippen molar-refractivity contribution in [3.63, 3.8) is 0 Å². The lowest BCUT2D eigenvalue weighted by molar-refractivity contribution is -0.140. The molecule has 2 aliphatic rings. The Balaban J connectivity index is 1.30. The highest BCUT2D eigenvalue weighted by Crippen LogP contribution is 2.56. The summed E-state index contributed by atoms with van der Waals surface area (Å²) in [4.78, 5) is 52.1. The van der Waals surface area contributed by atoms with Gasteiger partial charge in [-0.05, 0) is 48.6 Å². The van der Waals surface area contributed by atoms with Crippen LogP contribution in [-0.4, -0.2) is 35.5 Å². The largest absolute Gasteiger partial charge is 0.507 e. The first-order valence-corrected chi connectivity index (χ1v) is 14.6. The molecule has 1 aliphatic carbocycles. The number of rotatable bonds is 8. The van der Waals surface area contributed by atoms with Gasteiger partial charge in [-0.15, -0.1) is 0 Å². The molecule has 1 unspecified atom stereocenters. The van der Waals surface area contributed by atoms with Gasteiger partial charge in [0.15, 0.2) is 17.3 Å². The zero-order valence-electron chi connectivity index (χ0n) is 24.9. The van der Waals surface area contributed by atoms with Gasteiger partial charge in [0.05, 0.1) is 17.7 Å². The van der Waals surface area contributed by atoms with E-state index in [0.29, 0.717) is 11.3 Å². The first-order valence-electron chi connectivity index (χ1n) is 14.2. The summed E-state index contributed by atoms with van der Waals surface area (Å²) in [6, 6.07) is 16.6. The van der Waals surface area contributed by atoms with E-state index in [4.69, 9.17) is 25.8 Å². The number of hydrogen-bond donors (Lipinski definition) is 2. The van der Waals surface area contributed by atoms with Crippen LogP contribution in [0.3, 0.4) is 0 Å². The molecule has 2 atom stereocenters. The number of phenols is 1. The van der Waals surface area contributed by atoms with Crippen LogP contribution in [0.5, 0.6) is 23.0 Å². The van der Waals surface area contributed by atoms with Crippen molar-refractivity contribution in [2.45, 2.75) is 32.4 Å². The average Bonchev–Trinajstić information content (AvgIpc) is 3.33. The third-order valence-electron chi connectivity index (χ3n) is 8.39. The van der Waals surface area contributed by atoms with Crippen LogP contribution in [0.1, 0.15) is 40.9 Å². The molecule has 9 nitrogen and oxygen atoms in total. The smallest absolute Gasteiger partial charge is 0.259 e. The number of halogens is 2. The number of methoxy groups -OCH3 is 1. The number of aromatic hydroxyl groups is 1. The van der Waals surface area contributed by atoms with Crippen LogP contribution >= 0.6 is 11.6 Å². The van der Waals surface area contributed by atoms with E-state index < -0.39 is 40.4 Å². The lowest BCUT2D eigenvalue weighted by Crippen LogP contribution is -2.47. The van der Waals surface area contributed by atoms with Crippen LogP contribution in [0.2, 0.25) is 5.02 Å². The monoisotopic (exact) mass is 643 g/mol. The van der Waals surface area contributed by atoms with Crippen molar-refractivity contribution in [2.75, 3.05) is 7.11 Å². The van der Waals surface area contributed by atoms with Gasteiger partial charge in [-0.25, -0.2) is 4.39 Å². The summed E-state index contributed by atoms with van der Waals surface area (Å²) in [7, 11) is 1.31. The van der Waals surface area contributed by atoms with Crippen molar-refractivity contribution in [1.82, 2.24) is 5.32 Å². The maximum Gasteiger partial charge on any atom is 0.259 e. The van der Waals surface area contributed by atoms with Crippen LogP contribution in [0.25, 0.3) is 10.8 Å². The topological polar surface area (TPSA) is 128 Å². The van der Waals surface area contributed by atoms with Crippen LogP contribution in [0.4, 0.5) is 4.39 Å². The maximum atomic E-state index is 13.8. The van der Waals surface area contributed by atoms with Gasteiger partial charge in [0.1, 0.15) is 58.1 Å². The van der Waals surface area contributed by atoms with Crippen LogP contribution in [0.15, 0.2) is 72.5 Å². The minimum absolute atomic E-state index is 0.00304. The Morgan fingerprint density at radius 3 is 2.50 bits per heavy atom. The molecule has 4 aromatic rings. The van der Waals surface area contributed by atoms with Crippen molar-refractivity contribution < 1.29 is 42.9 Å². The van der Waals surface area contributed by atoms with Crippen LogP contribution < -0.4 is 19.5 Å². The molecule has 0 radical (unpaired) electrons. The molecule has 1 aliphatic heterocycles. The van der Waals surface area contributed by atoms with E-state index in [1.807, 2.05) is 24.3 Å². The van der Waals surface area contributed by atoms with E-state index in [-0.39, 0.29) is 52.3 Å². The quantitative estimate of drug-likeness (QED) is 0.233. The van der Waals surface area contributed by atoms with E-state index in [9.17, 15) is 28.7 Å². The minimum atomic E-state index is -1.67. The van der Waals surface area contributed by atoms with Crippen molar-refractivity contribution in [3.05, 3.63) is 106 Å². The van der Waals surface area contributed by atoms with E-state index in [1.54, 1.807) is 18.2 Å². The number of amides is 1. The molecule has 2 N–H and O–H groups in total. The number of nitrogens with one attached hydrogen (secondary N) is 1. The first kappa shape index (κ1) is 30.8. The number of allylic oxidation sites excluding steroid dienone is 2. The molecule has 6 rings (SSSR count). The highest BCUT2D eigenvalue weighted by Gasteiger charge is 2.58. The summed E-state index contributed by atoms with van der Waals surface area (Å²) in [6.07, 6.45) is 1.07. The Morgan fingerprint density at radius 2 is 1.80 bits per heavy atom. The van der Waals surface area contributed by atoms with Gasteiger partial charge in [-0.2, -0.15) is 0 Å². The van der Waals surface area contributed by atoms with Crippen molar-refractivity contribution in [3.8, 4) is 23.0 Å². The summed E-state index contributed by atoms with van der Waals surface area (Å²) in [5, 5.41) is 15.4. The molecule has 234 valence electrons. The van der Waals surface area contributed by atoms with Crippen molar-refractivity contribution >= 4 is 45.6 Å².